The van der Waals surface area contributed by atoms with Gasteiger partial charge < -0.3 is 9.84 Å². The van der Waals surface area contributed by atoms with Gasteiger partial charge in [-0.05, 0) is 33.3 Å². The normalized spacial score (nSPS) is 14.1. The molecule has 4 heteroatoms. The van der Waals surface area contributed by atoms with E-state index in [4.69, 9.17) is 4.74 Å². The molecule has 1 aromatic carbocycles. The van der Waals surface area contributed by atoms with Gasteiger partial charge in [0.05, 0.1) is 12.1 Å². The van der Waals surface area contributed by atoms with E-state index in [0.29, 0.717) is 6.54 Å². The summed E-state index contributed by atoms with van der Waals surface area (Å²) in [5.74, 6) is 0. The van der Waals surface area contributed by atoms with Crippen LogP contribution in [0.3, 0.4) is 0 Å². The van der Waals surface area contributed by atoms with Gasteiger partial charge in [-0.3, -0.25) is 4.90 Å². The summed E-state index contributed by atoms with van der Waals surface area (Å²) in [5, 5.41) is 9.95. The van der Waals surface area contributed by atoms with Gasteiger partial charge in [0.2, 0.25) is 0 Å². The fourth-order valence-electron chi connectivity index (χ4n) is 1.86. The zero-order valence-corrected chi connectivity index (χ0v) is 13.2. The summed E-state index contributed by atoms with van der Waals surface area (Å²) in [6.45, 7) is 11.2. The maximum atomic E-state index is 12.4. The Morgan fingerprint density at radius 1 is 1.38 bits per heavy atom. The van der Waals surface area contributed by atoms with Crippen LogP contribution in [-0.4, -0.2) is 33.8 Å². The molecule has 2 atom stereocenters. The zero-order valence-electron chi connectivity index (χ0n) is 13.2. The second-order valence-corrected chi connectivity index (χ2v) is 6.06. The number of hydrogen-bond donors (Lipinski definition) is 1. The lowest BCUT2D eigenvalue weighted by molar-refractivity contribution is 0.00207. The van der Waals surface area contributed by atoms with Gasteiger partial charge >= 0.3 is 6.09 Å². The molecule has 4 nitrogen and oxygen atoms in total. The van der Waals surface area contributed by atoms with Crippen molar-refractivity contribution in [3.05, 3.63) is 48.6 Å². The quantitative estimate of drug-likeness (QED) is 0.846. The van der Waals surface area contributed by atoms with Gasteiger partial charge in [0.1, 0.15) is 5.60 Å². The molecule has 0 saturated heterocycles. The van der Waals surface area contributed by atoms with Crippen LogP contribution >= 0.6 is 0 Å². The standard InChI is InChI=1S/C17H25NO3/c1-6-15(19)13(2)18(16(20)21-17(3,4)5)12-14-10-8-7-9-11-14/h6-11,13,15,19H,1,12H2,2-5H3/t13-,15?/m0/s1. The number of aliphatic hydroxyl groups excluding tert-OH is 1. The fraction of sp³-hybridized carbons (Fsp3) is 0.471. The molecular formula is C17H25NO3. The Morgan fingerprint density at radius 3 is 2.43 bits per heavy atom. The number of ether oxygens (including phenoxy) is 1. The smallest absolute Gasteiger partial charge is 0.410 e. The second-order valence-electron chi connectivity index (χ2n) is 6.06. The van der Waals surface area contributed by atoms with Crippen LogP contribution in [0, 0.1) is 0 Å². The number of aliphatic hydroxyl groups is 1. The van der Waals surface area contributed by atoms with Crippen LogP contribution in [-0.2, 0) is 11.3 Å². The van der Waals surface area contributed by atoms with Crippen LogP contribution in [0.4, 0.5) is 4.79 Å². The van der Waals surface area contributed by atoms with E-state index in [1.54, 1.807) is 6.92 Å². The summed E-state index contributed by atoms with van der Waals surface area (Å²) in [7, 11) is 0. The third-order valence-corrected chi connectivity index (χ3v) is 3.05. The molecule has 0 bridgehead atoms. The Bertz CT molecular complexity index is 465. The summed E-state index contributed by atoms with van der Waals surface area (Å²) < 4.78 is 5.43. The molecule has 1 unspecified atom stereocenters. The van der Waals surface area contributed by atoms with Gasteiger partial charge in [-0.25, -0.2) is 4.79 Å². The van der Waals surface area contributed by atoms with E-state index in [1.807, 2.05) is 51.1 Å². The number of amides is 1. The molecule has 0 spiro atoms. The van der Waals surface area contributed by atoms with Gasteiger partial charge in [0.15, 0.2) is 0 Å². The Hall–Kier alpha value is -1.81. The van der Waals surface area contributed by atoms with Crippen molar-refractivity contribution in [1.29, 1.82) is 0 Å². The minimum absolute atomic E-state index is 0.377. The SMILES string of the molecule is C=CC(O)[C@H](C)N(Cc1ccccc1)C(=O)OC(C)(C)C. The van der Waals surface area contributed by atoms with Crippen LogP contribution < -0.4 is 0 Å². The zero-order chi connectivity index (χ0) is 16.0. The van der Waals surface area contributed by atoms with E-state index >= 15 is 0 Å². The van der Waals surface area contributed by atoms with E-state index < -0.39 is 23.8 Å². The molecule has 21 heavy (non-hydrogen) atoms. The second kappa shape index (κ2) is 7.27. The van der Waals surface area contributed by atoms with Gasteiger partial charge in [-0.15, -0.1) is 6.58 Å². The highest BCUT2D eigenvalue weighted by atomic mass is 16.6. The topological polar surface area (TPSA) is 49.8 Å². The third-order valence-electron chi connectivity index (χ3n) is 3.05. The van der Waals surface area contributed by atoms with Gasteiger partial charge in [0, 0.05) is 6.54 Å². The largest absolute Gasteiger partial charge is 0.444 e. The van der Waals surface area contributed by atoms with E-state index in [-0.39, 0.29) is 0 Å². The van der Waals surface area contributed by atoms with Crippen LogP contribution in [0.25, 0.3) is 0 Å². The Labute approximate surface area is 127 Å². The number of carbonyl (C=O) groups excluding carboxylic acids is 1. The maximum absolute atomic E-state index is 12.4. The van der Waals surface area contributed by atoms with E-state index in [0.717, 1.165) is 5.56 Å². The Kier molecular flexibility index (Phi) is 5.97. The average Bonchev–Trinajstić information content (AvgIpc) is 2.42. The summed E-state index contributed by atoms with van der Waals surface area (Å²) in [4.78, 5) is 13.9. The highest BCUT2D eigenvalue weighted by Gasteiger charge is 2.28. The molecule has 0 aromatic heterocycles. The van der Waals surface area contributed by atoms with Crippen LogP contribution in [0.2, 0.25) is 0 Å². The van der Waals surface area contributed by atoms with E-state index in [1.165, 1.54) is 11.0 Å². The van der Waals surface area contributed by atoms with Gasteiger partial charge in [-0.2, -0.15) is 0 Å². The number of hydrogen-bond acceptors (Lipinski definition) is 3. The van der Waals surface area contributed by atoms with Crippen molar-refractivity contribution in [3.8, 4) is 0 Å². The average molecular weight is 291 g/mol. The van der Waals surface area contributed by atoms with E-state index in [9.17, 15) is 9.90 Å². The van der Waals surface area contributed by atoms with Crippen LogP contribution in [0.15, 0.2) is 43.0 Å². The number of benzene rings is 1. The first kappa shape index (κ1) is 17.2. The molecule has 0 aliphatic heterocycles. The fourth-order valence-corrected chi connectivity index (χ4v) is 1.86. The molecule has 1 N–H and O–H groups in total. The maximum Gasteiger partial charge on any atom is 0.410 e. The van der Waals surface area contributed by atoms with Crippen molar-refractivity contribution >= 4 is 6.09 Å². The van der Waals surface area contributed by atoms with Crippen molar-refractivity contribution in [2.45, 2.75) is 52.0 Å². The van der Waals surface area contributed by atoms with Crippen molar-refractivity contribution in [3.63, 3.8) is 0 Å². The minimum atomic E-state index is -0.804. The molecule has 0 radical (unpaired) electrons. The highest BCUT2D eigenvalue weighted by molar-refractivity contribution is 5.68. The molecule has 1 aromatic rings. The molecular weight excluding hydrogens is 266 g/mol. The monoisotopic (exact) mass is 291 g/mol. The lowest BCUT2D eigenvalue weighted by Crippen LogP contribution is -2.46. The third kappa shape index (κ3) is 5.60. The predicted octanol–water partition coefficient (Wildman–Crippen LogP) is 3.36. The number of rotatable bonds is 5. The van der Waals surface area contributed by atoms with Crippen LogP contribution in [0.5, 0.6) is 0 Å². The van der Waals surface area contributed by atoms with Crippen molar-refractivity contribution < 1.29 is 14.6 Å². The van der Waals surface area contributed by atoms with Gasteiger partial charge in [0.25, 0.3) is 0 Å². The molecule has 1 rings (SSSR count). The van der Waals surface area contributed by atoms with E-state index in [2.05, 4.69) is 6.58 Å². The van der Waals surface area contributed by atoms with Crippen LogP contribution in [0.1, 0.15) is 33.3 Å². The summed E-state index contributed by atoms with van der Waals surface area (Å²) in [6.07, 6.45) is 0.175. The lowest BCUT2D eigenvalue weighted by Gasteiger charge is -2.33. The molecule has 0 aliphatic rings. The first-order valence-corrected chi connectivity index (χ1v) is 7.09. The van der Waals surface area contributed by atoms with Crippen molar-refractivity contribution in [2.75, 3.05) is 0 Å². The summed E-state index contributed by atoms with van der Waals surface area (Å²) >= 11 is 0. The van der Waals surface area contributed by atoms with Crippen molar-refractivity contribution in [2.24, 2.45) is 0 Å². The Balaban J connectivity index is 2.94. The molecule has 0 aliphatic carbocycles. The summed E-state index contributed by atoms with van der Waals surface area (Å²) in [5.41, 5.74) is 0.400. The predicted molar refractivity (Wildman–Crippen MR) is 83.9 cm³/mol. The van der Waals surface area contributed by atoms with Gasteiger partial charge in [-0.1, -0.05) is 36.4 Å². The Morgan fingerprint density at radius 2 is 1.95 bits per heavy atom. The number of nitrogens with zero attached hydrogens (tertiary/aromatic N) is 1. The first-order valence-electron chi connectivity index (χ1n) is 7.09. The minimum Gasteiger partial charge on any atom is -0.444 e. The first-order chi connectivity index (χ1) is 9.74. The summed E-state index contributed by atoms with van der Waals surface area (Å²) in [6, 6.07) is 9.20. The molecule has 0 fully saturated rings. The molecule has 0 saturated carbocycles. The van der Waals surface area contributed by atoms with Crippen molar-refractivity contribution in [1.82, 2.24) is 4.90 Å². The molecule has 116 valence electrons. The molecule has 0 heterocycles. The highest BCUT2D eigenvalue weighted by Crippen LogP contribution is 2.17. The number of carbonyl (C=O) groups is 1. The lowest BCUT2D eigenvalue weighted by atomic mass is 10.1. The molecule has 1 amide bonds.